The highest BCUT2D eigenvalue weighted by Gasteiger charge is 2.21. The van der Waals surface area contributed by atoms with E-state index >= 15 is 0 Å². The normalized spacial score (nSPS) is 10.8. The lowest BCUT2D eigenvalue weighted by Gasteiger charge is -1.94. The van der Waals surface area contributed by atoms with Crippen LogP contribution < -0.4 is 0 Å². The molecular formula is C15H12ClN5O2. The Labute approximate surface area is 135 Å². The summed E-state index contributed by atoms with van der Waals surface area (Å²) >= 11 is 5.90. The number of benzene rings is 2. The van der Waals surface area contributed by atoms with Crippen LogP contribution in [0.2, 0.25) is 5.02 Å². The molecule has 0 radical (unpaired) electrons. The first kappa shape index (κ1) is 15.0. The van der Waals surface area contributed by atoms with Gasteiger partial charge in [-0.2, -0.15) is 0 Å². The molecule has 4 aromatic rings. The van der Waals surface area contributed by atoms with Crippen LogP contribution in [0.4, 0.5) is 5.69 Å². The van der Waals surface area contributed by atoms with Crippen molar-refractivity contribution in [3.8, 4) is 11.6 Å². The van der Waals surface area contributed by atoms with Gasteiger partial charge in [0.15, 0.2) is 17.2 Å². The van der Waals surface area contributed by atoms with E-state index in [1.807, 2.05) is 24.3 Å². The fourth-order valence-corrected chi connectivity index (χ4v) is 2.61. The highest BCUT2D eigenvalue weighted by Crippen LogP contribution is 2.33. The number of para-hydroxylation sites is 2. The number of nitrogens with one attached hydrogen (secondary N) is 2. The Morgan fingerprint density at radius 3 is 2.43 bits per heavy atom. The SMILES string of the molecule is C.O=[N+]([O-])c1c(Cl)ccc2[nH]c(-c3nc4ccccc4[nH]3)nc12. The van der Waals surface area contributed by atoms with E-state index in [1.54, 1.807) is 6.07 Å². The van der Waals surface area contributed by atoms with Crippen molar-refractivity contribution in [1.29, 1.82) is 0 Å². The maximum absolute atomic E-state index is 11.2. The van der Waals surface area contributed by atoms with Crippen molar-refractivity contribution >= 4 is 39.4 Å². The van der Waals surface area contributed by atoms with Gasteiger partial charge in [-0.1, -0.05) is 31.2 Å². The van der Waals surface area contributed by atoms with Crippen LogP contribution in [-0.4, -0.2) is 24.9 Å². The number of fused-ring (bicyclic) bond motifs is 2. The van der Waals surface area contributed by atoms with Crippen molar-refractivity contribution in [1.82, 2.24) is 19.9 Å². The van der Waals surface area contributed by atoms with Crippen molar-refractivity contribution in [3.63, 3.8) is 0 Å². The van der Waals surface area contributed by atoms with E-state index in [-0.39, 0.29) is 23.7 Å². The molecule has 0 aliphatic carbocycles. The van der Waals surface area contributed by atoms with E-state index in [0.29, 0.717) is 17.2 Å². The number of rotatable bonds is 2. The molecule has 0 aliphatic heterocycles. The van der Waals surface area contributed by atoms with Crippen molar-refractivity contribution in [2.45, 2.75) is 7.43 Å². The molecular weight excluding hydrogens is 318 g/mol. The van der Waals surface area contributed by atoms with Gasteiger partial charge in [0.25, 0.3) is 0 Å². The molecule has 116 valence electrons. The van der Waals surface area contributed by atoms with E-state index < -0.39 is 4.92 Å². The number of nitro benzene ring substituents is 1. The molecule has 2 aromatic carbocycles. The lowest BCUT2D eigenvalue weighted by atomic mass is 10.3. The molecule has 8 heteroatoms. The fraction of sp³-hybridized carbons (Fsp3) is 0.0667. The molecule has 23 heavy (non-hydrogen) atoms. The molecule has 0 spiro atoms. The molecule has 0 saturated heterocycles. The van der Waals surface area contributed by atoms with E-state index in [9.17, 15) is 10.1 Å². The molecule has 2 heterocycles. The van der Waals surface area contributed by atoms with Crippen LogP contribution in [0.1, 0.15) is 7.43 Å². The standard InChI is InChI=1S/C14H8ClN5O2.CH4/c15-7-5-6-10-11(12(7)20(21)22)19-14(18-10)13-16-8-3-1-2-4-9(8)17-13;/h1-6H,(H,16,17)(H,18,19);1H4. The van der Waals surface area contributed by atoms with E-state index in [0.717, 1.165) is 11.0 Å². The molecule has 0 atom stereocenters. The van der Waals surface area contributed by atoms with Crippen LogP contribution in [0.25, 0.3) is 33.7 Å². The fourth-order valence-electron chi connectivity index (χ4n) is 2.39. The number of nitro groups is 1. The van der Waals surface area contributed by atoms with Crippen LogP contribution in [0.15, 0.2) is 36.4 Å². The minimum Gasteiger partial charge on any atom is -0.335 e. The van der Waals surface area contributed by atoms with Gasteiger partial charge in [-0.05, 0) is 24.3 Å². The number of nitrogens with zero attached hydrogens (tertiary/aromatic N) is 3. The topological polar surface area (TPSA) is 100 Å². The van der Waals surface area contributed by atoms with Gasteiger partial charge in [0.1, 0.15) is 5.02 Å². The summed E-state index contributed by atoms with van der Waals surface area (Å²) in [7, 11) is 0. The zero-order chi connectivity index (χ0) is 15.3. The van der Waals surface area contributed by atoms with E-state index in [2.05, 4.69) is 19.9 Å². The summed E-state index contributed by atoms with van der Waals surface area (Å²) < 4.78 is 0. The first-order chi connectivity index (χ1) is 10.6. The minimum absolute atomic E-state index is 0. The van der Waals surface area contributed by atoms with Crippen LogP contribution in [0, 0.1) is 10.1 Å². The second-order valence-electron chi connectivity index (χ2n) is 4.74. The zero-order valence-corrected chi connectivity index (χ0v) is 11.8. The maximum atomic E-state index is 11.2. The summed E-state index contributed by atoms with van der Waals surface area (Å²) in [5, 5.41) is 11.2. The third kappa shape index (κ3) is 2.31. The van der Waals surface area contributed by atoms with E-state index in [1.165, 1.54) is 6.07 Å². The summed E-state index contributed by atoms with van der Waals surface area (Å²) in [6.45, 7) is 0. The highest BCUT2D eigenvalue weighted by atomic mass is 35.5. The highest BCUT2D eigenvalue weighted by molar-refractivity contribution is 6.33. The number of aromatic nitrogens is 4. The number of H-pyrrole nitrogens is 2. The van der Waals surface area contributed by atoms with Gasteiger partial charge in [-0.25, -0.2) is 9.97 Å². The Hall–Kier alpha value is -2.93. The third-order valence-electron chi connectivity index (χ3n) is 3.37. The molecule has 0 amide bonds. The Bertz CT molecular complexity index is 1000. The number of imidazole rings is 2. The number of halogens is 1. The molecule has 0 unspecified atom stereocenters. The summed E-state index contributed by atoms with van der Waals surface area (Å²) in [4.78, 5) is 25.5. The van der Waals surface area contributed by atoms with Crippen molar-refractivity contribution in [3.05, 3.63) is 51.5 Å². The van der Waals surface area contributed by atoms with Gasteiger partial charge in [-0.15, -0.1) is 0 Å². The molecule has 0 fully saturated rings. The minimum atomic E-state index is -0.534. The van der Waals surface area contributed by atoms with Gasteiger partial charge in [0.05, 0.1) is 21.5 Å². The predicted octanol–water partition coefficient (Wildman–Crippen LogP) is 4.30. The lowest BCUT2D eigenvalue weighted by Crippen LogP contribution is -1.90. The number of hydrogen-bond donors (Lipinski definition) is 2. The number of aromatic amines is 2. The van der Waals surface area contributed by atoms with Gasteiger partial charge in [-0.3, -0.25) is 10.1 Å². The molecule has 2 aromatic heterocycles. The van der Waals surface area contributed by atoms with Crippen molar-refractivity contribution in [2.75, 3.05) is 0 Å². The molecule has 7 nitrogen and oxygen atoms in total. The van der Waals surface area contributed by atoms with Crippen molar-refractivity contribution in [2.24, 2.45) is 0 Å². The molecule has 0 aliphatic rings. The smallest absolute Gasteiger partial charge is 0.315 e. The lowest BCUT2D eigenvalue weighted by molar-refractivity contribution is -0.383. The summed E-state index contributed by atoms with van der Waals surface area (Å²) in [6.07, 6.45) is 0. The van der Waals surface area contributed by atoms with Crippen LogP contribution in [0.5, 0.6) is 0 Å². The van der Waals surface area contributed by atoms with Gasteiger partial charge >= 0.3 is 5.69 Å². The third-order valence-corrected chi connectivity index (χ3v) is 3.68. The number of hydrogen-bond acceptors (Lipinski definition) is 4. The Morgan fingerprint density at radius 2 is 1.70 bits per heavy atom. The van der Waals surface area contributed by atoms with Crippen LogP contribution >= 0.6 is 11.6 Å². The molecule has 4 rings (SSSR count). The zero-order valence-electron chi connectivity index (χ0n) is 11.0. The molecule has 2 N–H and O–H groups in total. The largest absolute Gasteiger partial charge is 0.335 e. The Morgan fingerprint density at radius 1 is 1.00 bits per heavy atom. The van der Waals surface area contributed by atoms with Crippen molar-refractivity contribution < 1.29 is 4.92 Å². The Kier molecular flexibility index (Phi) is 3.49. The summed E-state index contributed by atoms with van der Waals surface area (Å²) in [5.41, 5.74) is 2.20. The van der Waals surface area contributed by atoms with Gasteiger partial charge in [0, 0.05) is 0 Å². The first-order valence-electron chi connectivity index (χ1n) is 6.41. The van der Waals surface area contributed by atoms with Gasteiger partial charge in [0.2, 0.25) is 0 Å². The molecule has 0 bridgehead atoms. The summed E-state index contributed by atoms with van der Waals surface area (Å²) in [6, 6.07) is 10.7. The Balaban J connectivity index is 0.00000156. The average molecular weight is 330 g/mol. The second-order valence-corrected chi connectivity index (χ2v) is 5.14. The molecule has 0 saturated carbocycles. The maximum Gasteiger partial charge on any atom is 0.315 e. The summed E-state index contributed by atoms with van der Waals surface area (Å²) in [5.74, 6) is 0.944. The average Bonchev–Trinajstić information content (AvgIpc) is 3.09. The second kappa shape index (κ2) is 5.36. The van der Waals surface area contributed by atoms with Gasteiger partial charge < -0.3 is 9.97 Å². The van der Waals surface area contributed by atoms with E-state index in [4.69, 9.17) is 11.6 Å². The quantitative estimate of drug-likeness (QED) is 0.423. The first-order valence-corrected chi connectivity index (χ1v) is 6.79. The monoisotopic (exact) mass is 329 g/mol. The van der Waals surface area contributed by atoms with Crippen LogP contribution in [-0.2, 0) is 0 Å². The van der Waals surface area contributed by atoms with Crippen LogP contribution in [0.3, 0.4) is 0 Å². The predicted molar refractivity (Wildman–Crippen MR) is 89.6 cm³/mol.